The van der Waals surface area contributed by atoms with Crippen molar-refractivity contribution in [3.05, 3.63) is 0 Å². The van der Waals surface area contributed by atoms with Crippen LogP contribution in [0.4, 0.5) is 0 Å². The molecule has 3 unspecified atom stereocenters. The van der Waals surface area contributed by atoms with Crippen LogP contribution < -0.4 is 5.32 Å². The highest BCUT2D eigenvalue weighted by Gasteiger charge is 2.34. The van der Waals surface area contributed by atoms with E-state index in [-0.39, 0.29) is 0 Å². The first kappa shape index (κ1) is 8.25. The van der Waals surface area contributed by atoms with Gasteiger partial charge in [-0.25, -0.2) is 0 Å². The zero-order valence-electron chi connectivity index (χ0n) is 8.34. The number of piperidine rings is 2. The molecule has 1 N–H and O–H groups in total. The fourth-order valence-electron chi connectivity index (χ4n) is 2.95. The maximum atomic E-state index is 3.82. The highest BCUT2D eigenvalue weighted by atomic mass is 15.2. The second-order valence-electron chi connectivity index (χ2n) is 5.04. The number of nitrogens with zero attached hydrogens (tertiary/aromatic N) is 1. The van der Waals surface area contributed by atoms with Gasteiger partial charge in [-0.3, -0.25) is 0 Å². The lowest BCUT2D eigenvalue weighted by atomic mass is 9.85. The van der Waals surface area contributed by atoms with Crippen molar-refractivity contribution in [2.75, 3.05) is 19.6 Å². The van der Waals surface area contributed by atoms with Crippen LogP contribution in [0.3, 0.4) is 0 Å². The molecule has 0 aromatic heterocycles. The van der Waals surface area contributed by atoms with Crippen LogP contribution in [-0.2, 0) is 0 Å². The molecule has 2 aliphatic heterocycles. The molecule has 0 spiro atoms. The molecule has 2 nitrogen and oxygen atoms in total. The maximum absolute atomic E-state index is 3.82. The molecule has 2 heteroatoms. The summed E-state index contributed by atoms with van der Waals surface area (Å²) in [6.07, 6.45) is 7.19. The quantitative estimate of drug-likeness (QED) is 0.687. The molecule has 1 saturated carbocycles. The van der Waals surface area contributed by atoms with Crippen LogP contribution in [0.25, 0.3) is 0 Å². The van der Waals surface area contributed by atoms with Crippen molar-refractivity contribution in [1.29, 1.82) is 0 Å². The Morgan fingerprint density at radius 3 is 2.77 bits per heavy atom. The lowest BCUT2D eigenvalue weighted by molar-refractivity contribution is 0.0914. The van der Waals surface area contributed by atoms with Crippen LogP contribution in [0, 0.1) is 5.92 Å². The van der Waals surface area contributed by atoms with Gasteiger partial charge < -0.3 is 10.2 Å². The minimum Gasteiger partial charge on any atom is -0.311 e. The van der Waals surface area contributed by atoms with Gasteiger partial charge in [-0.15, -0.1) is 0 Å². The number of nitrogens with one attached hydrogen (secondary N) is 1. The normalized spacial score (nSPS) is 44.8. The summed E-state index contributed by atoms with van der Waals surface area (Å²) in [5.74, 6) is 0.975. The fraction of sp³-hybridized carbons (Fsp3) is 1.00. The molecular weight excluding hydrogens is 160 g/mol. The summed E-state index contributed by atoms with van der Waals surface area (Å²) >= 11 is 0. The molecule has 0 aromatic carbocycles. The third kappa shape index (κ3) is 1.75. The molecule has 0 amide bonds. The average molecular weight is 180 g/mol. The zero-order valence-corrected chi connectivity index (χ0v) is 8.34. The summed E-state index contributed by atoms with van der Waals surface area (Å²) in [4.78, 5) is 2.65. The smallest absolute Gasteiger partial charge is 0.0122 e. The zero-order chi connectivity index (χ0) is 8.67. The number of fused-ring (bicyclic) bond motifs is 2. The predicted octanol–water partition coefficient (Wildman–Crippen LogP) is 1.22. The van der Waals surface area contributed by atoms with Gasteiger partial charge in [0.05, 0.1) is 0 Å². The van der Waals surface area contributed by atoms with Crippen molar-refractivity contribution in [3.63, 3.8) is 0 Å². The summed E-state index contributed by atoms with van der Waals surface area (Å²) in [6.45, 7) is 4.10. The Labute approximate surface area is 80.7 Å². The van der Waals surface area contributed by atoms with Crippen LogP contribution in [0.15, 0.2) is 0 Å². The Morgan fingerprint density at radius 2 is 1.92 bits per heavy atom. The second-order valence-corrected chi connectivity index (χ2v) is 5.04. The fourth-order valence-corrected chi connectivity index (χ4v) is 2.95. The van der Waals surface area contributed by atoms with Gasteiger partial charge in [-0.1, -0.05) is 0 Å². The minimum absolute atomic E-state index is 0.865. The summed E-state index contributed by atoms with van der Waals surface area (Å²) in [5.41, 5.74) is 0. The second kappa shape index (κ2) is 3.25. The van der Waals surface area contributed by atoms with Gasteiger partial charge in [0.1, 0.15) is 0 Å². The molecule has 2 bridgehead atoms. The average Bonchev–Trinajstić information content (AvgIpc) is 2.95. The molecular formula is C11H20N2. The van der Waals surface area contributed by atoms with E-state index in [1.165, 1.54) is 51.7 Å². The lowest BCUT2D eigenvalue weighted by Crippen LogP contribution is -2.52. The molecule has 0 aromatic rings. The number of hydrogen-bond acceptors (Lipinski definition) is 2. The number of hydrogen-bond donors (Lipinski definition) is 1. The van der Waals surface area contributed by atoms with Gasteiger partial charge in [0.2, 0.25) is 0 Å². The van der Waals surface area contributed by atoms with Crippen LogP contribution in [0.2, 0.25) is 0 Å². The maximum Gasteiger partial charge on any atom is 0.0122 e. The van der Waals surface area contributed by atoms with E-state index in [1.54, 1.807) is 0 Å². The van der Waals surface area contributed by atoms with Gasteiger partial charge in [0.25, 0.3) is 0 Å². The lowest BCUT2D eigenvalue weighted by Gasteiger charge is -2.43. The van der Waals surface area contributed by atoms with Gasteiger partial charge in [0, 0.05) is 18.6 Å². The van der Waals surface area contributed by atoms with Gasteiger partial charge in [-0.05, 0) is 51.1 Å². The van der Waals surface area contributed by atoms with Crippen LogP contribution in [0.5, 0.6) is 0 Å². The molecule has 3 atom stereocenters. The van der Waals surface area contributed by atoms with E-state index in [0.29, 0.717) is 0 Å². The Bertz CT molecular complexity index is 189. The molecule has 3 aliphatic rings. The van der Waals surface area contributed by atoms with E-state index in [1.807, 2.05) is 0 Å². The topological polar surface area (TPSA) is 15.3 Å². The molecule has 3 rings (SSSR count). The summed E-state index contributed by atoms with van der Waals surface area (Å²) in [7, 11) is 0. The van der Waals surface area contributed by atoms with Gasteiger partial charge in [0.15, 0.2) is 0 Å². The summed E-state index contributed by atoms with van der Waals surface area (Å²) < 4.78 is 0. The van der Waals surface area contributed by atoms with Crippen molar-refractivity contribution >= 4 is 0 Å². The molecule has 2 saturated heterocycles. The summed E-state index contributed by atoms with van der Waals surface area (Å²) in [5, 5.41) is 3.82. The molecule has 13 heavy (non-hydrogen) atoms. The van der Waals surface area contributed by atoms with E-state index in [0.717, 1.165) is 18.0 Å². The van der Waals surface area contributed by atoms with Crippen molar-refractivity contribution in [3.8, 4) is 0 Å². The third-order valence-corrected chi connectivity index (χ3v) is 3.89. The van der Waals surface area contributed by atoms with E-state index in [2.05, 4.69) is 10.2 Å². The SMILES string of the molecule is C1CC2CN(C1)CCC2NC1CC1. The molecule has 74 valence electrons. The molecule has 3 fully saturated rings. The Balaban J connectivity index is 1.60. The van der Waals surface area contributed by atoms with Crippen molar-refractivity contribution in [2.45, 2.75) is 44.2 Å². The molecule has 1 aliphatic carbocycles. The van der Waals surface area contributed by atoms with E-state index >= 15 is 0 Å². The van der Waals surface area contributed by atoms with Crippen molar-refractivity contribution in [1.82, 2.24) is 10.2 Å². The van der Waals surface area contributed by atoms with Crippen LogP contribution >= 0.6 is 0 Å². The largest absolute Gasteiger partial charge is 0.311 e. The molecule has 0 radical (unpaired) electrons. The van der Waals surface area contributed by atoms with Gasteiger partial charge >= 0.3 is 0 Å². The predicted molar refractivity (Wildman–Crippen MR) is 53.7 cm³/mol. The highest BCUT2D eigenvalue weighted by molar-refractivity contribution is 4.93. The van der Waals surface area contributed by atoms with Crippen molar-refractivity contribution in [2.24, 2.45) is 5.92 Å². The molecule has 2 heterocycles. The van der Waals surface area contributed by atoms with E-state index in [4.69, 9.17) is 0 Å². The number of rotatable bonds is 2. The van der Waals surface area contributed by atoms with Crippen LogP contribution in [-0.4, -0.2) is 36.6 Å². The minimum atomic E-state index is 0.865. The third-order valence-electron chi connectivity index (χ3n) is 3.89. The van der Waals surface area contributed by atoms with Crippen molar-refractivity contribution < 1.29 is 0 Å². The van der Waals surface area contributed by atoms with Gasteiger partial charge in [-0.2, -0.15) is 0 Å². The monoisotopic (exact) mass is 180 g/mol. The van der Waals surface area contributed by atoms with E-state index in [9.17, 15) is 0 Å². The Kier molecular flexibility index (Phi) is 2.06. The first-order valence-electron chi connectivity index (χ1n) is 5.90. The standard InChI is InChI=1S/C11H20N2/c1-2-9-8-13(6-1)7-5-11(9)12-10-3-4-10/h9-12H,1-8H2. The first-order chi connectivity index (χ1) is 6.42. The first-order valence-corrected chi connectivity index (χ1v) is 5.90. The Morgan fingerprint density at radius 1 is 1.00 bits per heavy atom. The van der Waals surface area contributed by atoms with Crippen LogP contribution in [0.1, 0.15) is 32.1 Å². The summed E-state index contributed by atoms with van der Waals surface area (Å²) in [6, 6.07) is 1.77. The van der Waals surface area contributed by atoms with E-state index < -0.39 is 0 Å². The highest BCUT2D eigenvalue weighted by Crippen LogP contribution is 2.29. The Hall–Kier alpha value is -0.0800.